The second kappa shape index (κ2) is 6.30. The molecule has 1 atom stereocenters. The lowest BCUT2D eigenvalue weighted by molar-refractivity contribution is 0.193. The highest BCUT2D eigenvalue weighted by molar-refractivity contribution is 5.62. The molecule has 116 valence electrons. The molecule has 1 unspecified atom stereocenters. The number of hydrogen-bond acceptors (Lipinski definition) is 3. The summed E-state index contributed by atoms with van der Waals surface area (Å²) >= 11 is 0. The van der Waals surface area contributed by atoms with E-state index in [9.17, 15) is 5.11 Å². The van der Waals surface area contributed by atoms with Crippen LogP contribution < -0.4 is 9.64 Å². The predicted octanol–water partition coefficient (Wildman–Crippen LogP) is 3.92. The molecule has 3 nitrogen and oxygen atoms in total. The Hall–Kier alpha value is -2.16. The average molecular weight is 297 g/mol. The number of benzene rings is 2. The summed E-state index contributed by atoms with van der Waals surface area (Å²) in [4.78, 5) is 2.36. The lowest BCUT2D eigenvalue weighted by Crippen LogP contribution is -2.41. The molecule has 0 saturated heterocycles. The molecular formula is C19H23NO2. The summed E-state index contributed by atoms with van der Waals surface area (Å²) in [6, 6.07) is 14.0. The van der Waals surface area contributed by atoms with E-state index in [0.29, 0.717) is 0 Å². The molecule has 1 heterocycles. The molecule has 0 saturated carbocycles. The molecule has 0 bridgehead atoms. The number of aromatic hydroxyl groups is 1. The molecule has 2 aromatic rings. The van der Waals surface area contributed by atoms with Crippen molar-refractivity contribution < 1.29 is 9.84 Å². The largest absolute Gasteiger partial charge is 0.508 e. The minimum absolute atomic E-state index is 0.114. The van der Waals surface area contributed by atoms with Crippen molar-refractivity contribution in [1.82, 2.24) is 0 Å². The normalized spacial score (nSPS) is 17.0. The number of hydrogen-bond donors (Lipinski definition) is 1. The van der Waals surface area contributed by atoms with Crippen molar-refractivity contribution in [3.63, 3.8) is 0 Å². The van der Waals surface area contributed by atoms with Crippen LogP contribution in [-0.4, -0.2) is 24.3 Å². The fraction of sp³-hybridized carbons (Fsp3) is 0.368. The number of aryl methyl sites for hydroxylation is 1. The van der Waals surface area contributed by atoms with Crippen LogP contribution in [0, 0.1) is 6.92 Å². The van der Waals surface area contributed by atoms with Gasteiger partial charge >= 0.3 is 0 Å². The highest BCUT2D eigenvalue weighted by Gasteiger charge is 2.25. The molecule has 22 heavy (non-hydrogen) atoms. The zero-order valence-corrected chi connectivity index (χ0v) is 13.2. The van der Waals surface area contributed by atoms with Crippen LogP contribution in [0.4, 0.5) is 5.69 Å². The van der Waals surface area contributed by atoms with Crippen LogP contribution in [0.3, 0.4) is 0 Å². The van der Waals surface area contributed by atoms with E-state index in [0.717, 1.165) is 37.4 Å². The van der Waals surface area contributed by atoms with Gasteiger partial charge in [0.15, 0.2) is 0 Å². The maximum Gasteiger partial charge on any atom is 0.146 e. The second-order valence-electron chi connectivity index (χ2n) is 6.03. The van der Waals surface area contributed by atoms with Crippen LogP contribution in [0.5, 0.6) is 11.5 Å². The molecule has 2 aromatic carbocycles. The van der Waals surface area contributed by atoms with Crippen molar-refractivity contribution in [2.24, 2.45) is 0 Å². The molecule has 3 heteroatoms. The van der Waals surface area contributed by atoms with Crippen LogP contribution in [0.15, 0.2) is 42.5 Å². The Kier molecular flexibility index (Phi) is 4.23. The van der Waals surface area contributed by atoms with Crippen molar-refractivity contribution in [2.75, 3.05) is 18.0 Å². The molecule has 1 aliphatic rings. The van der Waals surface area contributed by atoms with Gasteiger partial charge in [0, 0.05) is 19.0 Å². The van der Waals surface area contributed by atoms with Crippen LogP contribution in [0.1, 0.15) is 24.5 Å². The van der Waals surface area contributed by atoms with Crippen LogP contribution in [-0.2, 0) is 6.42 Å². The number of fused-ring (bicyclic) bond motifs is 1. The molecule has 0 aromatic heterocycles. The van der Waals surface area contributed by atoms with Crippen LogP contribution >= 0.6 is 0 Å². The maximum atomic E-state index is 9.72. The van der Waals surface area contributed by atoms with Gasteiger partial charge in [-0.1, -0.05) is 36.8 Å². The SMILES string of the molecule is CCCN1CC(Cc2cccc(C)c2)Oc2cc(O)ccc21. The lowest BCUT2D eigenvalue weighted by Gasteiger charge is -2.36. The Morgan fingerprint density at radius 1 is 1.23 bits per heavy atom. The number of ether oxygens (including phenoxy) is 1. The summed E-state index contributed by atoms with van der Waals surface area (Å²) in [5, 5.41) is 9.72. The number of nitrogens with zero attached hydrogens (tertiary/aromatic N) is 1. The third kappa shape index (κ3) is 3.19. The molecule has 0 aliphatic carbocycles. The van der Waals surface area contributed by atoms with E-state index in [1.165, 1.54) is 11.1 Å². The Bertz CT molecular complexity index is 654. The first kappa shape index (κ1) is 14.8. The number of rotatable bonds is 4. The zero-order valence-electron chi connectivity index (χ0n) is 13.2. The smallest absolute Gasteiger partial charge is 0.146 e. The first-order valence-corrected chi connectivity index (χ1v) is 7.96. The van der Waals surface area contributed by atoms with Gasteiger partial charge in [0.2, 0.25) is 0 Å². The van der Waals surface area contributed by atoms with Gasteiger partial charge < -0.3 is 14.7 Å². The molecule has 1 N–H and O–H groups in total. The Balaban J connectivity index is 1.83. The fourth-order valence-corrected chi connectivity index (χ4v) is 3.11. The molecule has 0 fully saturated rings. The van der Waals surface area contributed by atoms with Crippen molar-refractivity contribution in [1.29, 1.82) is 0 Å². The summed E-state index contributed by atoms with van der Waals surface area (Å²) in [5.74, 6) is 1.05. The van der Waals surface area contributed by atoms with Crippen molar-refractivity contribution in [2.45, 2.75) is 32.8 Å². The topological polar surface area (TPSA) is 32.7 Å². The van der Waals surface area contributed by atoms with Gasteiger partial charge in [0.25, 0.3) is 0 Å². The quantitative estimate of drug-likeness (QED) is 0.928. The fourth-order valence-electron chi connectivity index (χ4n) is 3.11. The van der Waals surface area contributed by atoms with Gasteiger partial charge in [-0.2, -0.15) is 0 Å². The average Bonchev–Trinajstić information content (AvgIpc) is 2.47. The van der Waals surface area contributed by atoms with E-state index in [2.05, 4.69) is 43.0 Å². The minimum Gasteiger partial charge on any atom is -0.508 e. The van der Waals surface area contributed by atoms with E-state index >= 15 is 0 Å². The van der Waals surface area contributed by atoms with Crippen LogP contribution in [0.2, 0.25) is 0 Å². The second-order valence-corrected chi connectivity index (χ2v) is 6.03. The Labute approximate surface area is 132 Å². The third-order valence-electron chi connectivity index (χ3n) is 4.04. The Morgan fingerprint density at radius 3 is 2.86 bits per heavy atom. The number of phenols is 1. The lowest BCUT2D eigenvalue weighted by atomic mass is 10.0. The molecular weight excluding hydrogens is 274 g/mol. The zero-order chi connectivity index (χ0) is 15.5. The van der Waals surface area contributed by atoms with Crippen molar-refractivity contribution in [3.8, 4) is 11.5 Å². The summed E-state index contributed by atoms with van der Waals surface area (Å²) in [5.41, 5.74) is 3.65. The van der Waals surface area contributed by atoms with E-state index in [-0.39, 0.29) is 11.9 Å². The maximum absolute atomic E-state index is 9.72. The highest BCUT2D eigenvalue weighted by Crippen LogP contribution is 2.36. The molecule has 0 spiro atoms. The molecule has 1 aliphatic heterocycles. The van der Waals surface area contributed by atoms with Crippen LogP contribution in [0.25, 0.3) is 0 Å². The van der Waals surface area contributed by atoms with Crippen molar-refractivity contribution in [3.05, 3.63) is 53.6 Å². The van der Waals surface area contributed by atoms with E-state index < -0.39 is 0 Å². The number of phenolic OH excluding ortho intramolecular Hbond substituents is 1. The molecule has 0 amide bonds. The monoisotopic (exact) mass is 297 g/mol. The summed E-state index contributed by atoms with van der Waals surface area (Å²) in [6.07, 6.45) is 2.09. The van der Waals surface area contributed by atoms with Gasteiger partial charge in [0.05, 0.1) is 12.2 Å². The first-order valence-electron chi connectivity index (χ1n) is 7.96. The van der Waals surface area contributed by atoms with Gasteiger partial charge in [-0.25, -0.2) is 0 Å². The van der Waals surface area contributed by atoms with E-state index in [1.807, 2.05) is 6.07 Å². The summed E-state index contributed by atoms with van der Waals surface area (Å²) in [7, 11) is 0. The third-order valence-corrected chi connectivity index (χ3v) is 4.04. The van der Waals surface area contributed by atoms with Gasteiger partial charge in [-0.15, -0.1) is 0 Å². The summed E-state index contributed by atoms with van der Waals surface area (Å²) in [6.45, 7) is 6.19. The number of anilines is 1. The van der Waals surface area contributed by atoms with E-state index in [1.54, 1.807) is 12.1 Å². The minimum atomic E-state index is 0.114. The standard InChI is InChI=1S/C19H23NO2/c1-3-9-20-13-17(11-15-6-4-5-14(2)10-15)22-19-12-16(21)7-8-18(19)20/h4-8,10,12,17,21H,3,9,11,13H2,1-2H3. The van der Waals surface area contributed by atoms with E-state index in [4.69, 9.17) is 4.74 Å². The van der Waals surface area contributed by atoms with Gasteiger partial charge in [-0.05, 0) is 31.0 Å². The summed E-state index contributed by atoms with van der Waals surface area (Å²) < 4.78 is 6.13. The molecule has 0 radical (unpaired) electrons. The van der Waals surface area contributed by atoms with Gasteiger partial charge in [-0.3, -0.25) is 0 Å². The molecule has 3 rings (SSSR count). The predicted molar refractivity (Wildman–Crippen MR) is 89.9 cm³/mol. The highest BCUT2D eigenvalue weighted by atomic mass is 16.5. The van der Waals surface area contributed by atoms with Gasteiger partial charge in [0.1, 0.15) is 17.6 Å². The van der Waals surface area contributed by atoms with Crippen molar-refractivity contribution >= 4 is 5.69 Å². The first-order chi connectivity index (χ1) is 10.7. The Morgan fingerprint density at radius 2 is 2.09 bits per heavy atom.